The van der Waals surface area contributed by atoms with E-state index >= 15 is 0 Å². The van der Waals surface area contributed by atoms with Gasteiger partial charge in [0.25, 0.3) is 5.91 Å². The minimum atomic E-state index is -0.136. The molecule has 130 valence electrons. The van der Waals surface area contributed by atoms with Crippen LogP contribution in [0.25, 0.3) is 5.65 Å². The van der Waals surface area contributed by atoms with Gasteiger partial charge in [0, 0.05) is 18.3 Å². The van der Waals surface area contributed by atoms with Gasteiger partial charge in [0.15, 0.2) is 17.1 Å². The molecule has 25 heavy (non-hydrogen) atoms. The Labute approximate surface area is 145 Å². The van der Waals surface area contributed by atoms with Gasteiger partial charge in [-0.3, -0.25) is 9.20 Å². The maximum Gasteiger partial charge on any atom is 0.251 e. The standard InChI is InChI=1S/C18H20N4O3/c1-12-20-21-17-11-14(7-9-22(12)17)18(23)19-8-6-13-4-5-15(24-2)16(10-13)25-3/h4-5,7,9-11H,6,8H2,1-3H3,(H,19,23). The fraction of sp³-hybridized carbons (Fsp3) is 0.278. The molecule has 0 fully saturated rings. The number of fused-ring (bicyclic) bond motifs is 1. The molecule has 0 aliphatic rings. The molecular formula is C18H20N4O3. The Bertz CT molecular complexity index is 904. The first-order valence-corrected chi connectivity index (χ1v) is 7.93. The van der Waals surface area contributed by atoms with Gasteiger partial charge in [-0.1, -0.05) is 6.07 Å². The number of aromatic nitrogens is 3. The van der Waals surface area contributed by atoms with E-state index in [1.165, 1.54) is 0 Å². The Morgan fingerprint density at radius 1 is 1.12 bits per heavy atom. The lowest BCUT2D eigenvalue weighted by Gasteiger charge is -2.10. The molecule has 1 aromatic carbocycles. The molecule has 0 spiro atoms. The number of methoxy groups -OCH3 is 2. The van der Waals surface area contributed by atoms with Gasteiger partial charge >= 0.3 is 0 Å². The normalized spacial score (nSPS) is 10.7. The minimum absolute atomic E-state index is 0.136. The maximum absolute atomic E-state index is 12.3. The lowest BCUT2D eigenvalue weighted by molar-refractivity contribution is 0.0954. The van der Waals surface area contributed by atoms with Gasteiger partial charge < -0.3 is 14.8 Å². The Hall–Kier alpha value is -3.09. The van der Waals surface area contributed by atoms with Gasteiger partial charge in [0.05, 0.1) is 14.2 Å². The quantitative estimate of drug-likeness (QED) is 0.743. The lowest BCUT2D eigenvalue weighted by Crippen LogP contribution is -2.25. The second-order valence-electron chi connectivity index (χ2n) is 5.59. The first kappa shape index (κ1) is 16.8. The van der Waals surface area contributed by atoms with Crippen molar-refractivity contribution in [3.63, 3.8) is 0 Å². The summed E-state index contributed by atoms with van der Waals surface area (Å²) in [7, 11) is 3.21. The summed E-state index contributed by atoms with van der Waals surface area (Å²) < 4.78 is 12.3. The maximum atomic E-state index is 12.3. The predicted octanol–water partition coefficient (Wildman–Crippen LogP) is 2.03. The van der Waals surface area contributed by atoms with E-state index < -0.39 is 0 Å². The number of benzene rings is 1. The van der Waals surface area contributed by atoms with E-state index in [2.05, 4.69) is 15.5 Å². The molecule has 7 nitrogen and oxygen atoms in total. The Kier molecular flexibility index (Phi) is 4.83. The second kappa shape index (κ2) is 7.21. The third-order valence-corrected chi connectivity index (χ3v) is 3.99. The number of aryl methyl sites for hydroxylation is 1. The van der Waals surface area contributed by atoms with Crippen LogP contribution in [0.1, 0.15) is 21.7 Å². The molecule has 0 aliphatic heterocycles. The number of amides is 1. The largest absolute Gasteiger partial charge is 0.493 e. The van der Waals surface area contributed by atoms with E-state index in [9.17, 15) is 4.79 Å². The summed E-state index contributed by atoms with van der Waals surface area (Å²) in [5.41, 5.74) is 2.28. The number of nitrogens with zero attached hydrogens (tertiary/aromatic N) is 3. The van der Waals surface area contributed by atoms with E-state index in [4.69, 9.17) is 9.47 Å². The summed E-state index contributed by atoms with van der Waals surface area (Å²) in [6, 6.07) is 9.22. The minimum Gasteiger partial charge on any atom is -0.493 e. The molecule has 2 aromatic heterocycles. The topological polar surface area (TPSA) is 77.8 Å². The summed E-state index contributed by atoms with van der Waals surface area (Å²) in [5, 5.41) is 10.9. The number of hydrogen-bond acceptors (Lipinski definition) is 5. The summed E-state index contributed by atoms with van der Waals surface area (Å²) in [4.78, 5) is 12.3. The highest BCUT2D eigenvalue weighted by Gasteiger charge is 2.09. The zero-order valence-electron chi connectivity index (χ0n) is 14.4. The fourth-order valence-corrected chi connectivity index (χ4v) is 2.61. The van der Waals surface area contributed by atoms with Crippen molar-refractivity contribution in [1.29, 1.82) is 0 Å². The van der Waals surface area contributed by atoms with Crippen LogP contribution < -0.4 is 14.8 Å². The fourth-order valence-electron chi connectivity index (χ4n) is 2.61. The molecule has 0 saturated heterocycles. The molecular weight excluding hydrogens is 320 g/mol. The number of rotatable bonds is 6. The third kappa shape index (κ3) is 3.55. The van der Waals surface area contributed by atoms with Crippen molar-refractivity contribution in [1.82, 2.24) is 19.9 Å². The number of hydrogen-bond donors (Lipinski definition) is 1. The number of nitrogens with one attached hydrogen (secondary N) is 1. The number of carbonyl (C=O) groups is 1. The number of carbonyl (C=O) groups excluding carboxylic acids is 1. The van der Waals surface area contributed by atoms with Crippen LogP contribution in [0.15, 0.2) is 36.5 Å². The van der Waals surface area contributed by atoms with E-state index in [0.717, 1.165) is 11.4 Å². The summed E-state index contributed by atoms with van der Waals surface area (Å²) in [6.45, 7) is 2.38. The summed E-state index contributed by atoms with van der Waals surface area (Å²) in [6.07, 6.45) is 2.49. The highest BCUT2D eigenvalue weighted by molar-refractivity contribution is 5.95. The molecule has 7 heteroatoms. The predicted molar refractivity (Wildman–Crippen MR) is 93.3 cm³/mol. The van der Waals surface area contributed by atoms with Crippen LogP contribution in [-0.4, -0.2) is 41.3 Å². The van der Waals surface area contributed by atoms with Gasteiger partial charge in [0.1, 0.15) is 5.82 Å². The average Bonchev–Trinajstić information content (AvgIpc) is 3.01. The SMILES string of the molecule is COc1ccc(CCNC(=O)c2ccn3c(C)nnc3c2)cc1OC. The second-order valence-corrected chi connectivity index (χ2v) is 5.59. The highest BCUT2D eigenvalue weighted by Crippen LogP contribution is 2.27. The Morgan fingerprint density at radius 2 is 1.92 bits per heavy atom. The van der Waals surface area contributed by atoms with Crippen LogP contribution in [-0.2, 0) is 6.42 Å². The summed E-state index contributed by atoms with van der Waals surface area (Å²) >= 11 is 0. The first-order valence-electron chi connectivity index (χ1n) is 7.93. The van der Waals surface area contributed by atoms with Crippen LogP contribution in [0.3, 0.4) is 0 Å². The van der Waals surface area contributed by atoms with Crippen molar-refractivity contribution >= 4 is 11.6 Å². The molecule has 0 aliphatic carbocycles. The van der Waals surface area contributed by atoms with Crippen molar-refractivity contribution in [3.05, 3.63) is 53.5 Å². The Balaban J connectivity index is 1.62. The number of ether oxygens (including phenoxy) is 2. The number of pyridine rings is 1. The van der Waals surface area contributed by atoms with Crippen molar-refractivity contribution in [2.24, 2.45) is 0 Å². The molecule has 0 radical (unpaired) electrons. The Morgan fingerprint density at radius 3 is 2.68 bits per heavy atom. The van der Waals surface area contributed by atoms with Crippen LogP contribution >= 0.6 is 0 Å². The van der Waals surface area contributed by atoms with Crippen molar-refractivity contribution in [2.45, 2.75) is 13.3 Å². The van der Waals surface area contributed by atoms with Crippen molar-refractivity contribution in [3.8, 4) is 11.5 Å². The van der Waals surface area contributed by atoms with Crippen molar-refractivity contribution in [2.75, 3.05) is 20.8 Å². The molecule has 3 aromatic rings. The van der Waals surface area contributed by atoms with Crippen molar-refractivity contribution < 1.29 is 14.3 Å². The molecule has 0 atom stereocenters. The zero-order valence-corrected chi connectivity index (χ0v) is 14.4. The van der Waals surface area contributed by atoms with Crippen LogP contribution in [0.5, 0.6) is 11.5 Å². The first-order chi connectivity index (χ1) is 12.1. The van der Waals surface area contributed by atoms with Gasteiger partial charge in [-0.25, -0.2) is 0 Å². The third-order valence-electron chi connectivity index (χ3n) is 3.99. The van der Waals surface area contributed by atoms with E-state index in [1.54, 1.807) is 32.5 Å². The monoisotopic (exact) mass is 340 g/mol. The molecule has 0 saturated carbocycles. The van der Waals surface area contributed by atoms with E-state index in [-0.39, 0.29) is 5.91 Å². The van der Waals surface area contributed by atoms with Crippen LogP contribution in [0.2, 0.25) is 0 Å². The molecule has 3 rings (SSSR count). The smallest absolute Gasteiger partial charge is 0.251 e. The zero-order chi connectivity index (χ0) is 17.8. The molecule has 0 bridgehead atoms. The van der Waals surface area contributed by atoms with Crippen LogP contribution in [0.4, 0.5) is 0 Å². The molecule has 2 heterocycles. The van der Waals surface area contributed by atoms with E-state index in [0.29, 0.717) is 35.7 Å². The van der Waals surface area contributed by atoms with Gasteiger partial charge in [-0.05, 0) is 43.2 Å². The van der Waals surface area contributed by atoms with Gasteiger partial charge in [-0.15, -0.1) is 10.2 Å². The average molecular weight is 340 g/mol. The molecule has 1 N–H and O–H groups in total. The van der Waals surface area contributed by atoms with Crippen LogP contribution in [0, 0.1) is 6.92 Å². The highest BCUT2D eigenvalue weighted by atomic mass is 16.5. The van der Waals surface area contributed by atoms with E-state index in [1.807, 2.05) is 29.5 Å². The summed E-state index contributed by atoms with van der Waals surface area (Å²) in [5.74, 6) is 2.02. The molecule has 1 amide bonds. The molecule has 0 unspecified atom stereocenters. The van der Waals surface area contributed by atoms with Gasteiger partial charge in [0.2, 0.25) is 0 Å². The van der Waals surface area contributed by atoms with Gasteiger partial charge in [-0.2, -0.15) is 0 Å². The lowest BCUT2D eigenvalue weighted by atomic mass is 10.1.